The topological polar surface area (TPSA) is 146 Å². The number of amides is 4. The van der Waals surface area contributed by atoms with Crippen LogP contribution in [-0.4, -0.2) is 138 Å². The van der Waals surface area contributed by atoms with E-state index in [0.29, 0.717) is 11.1 Å². The van der Waals surface area contributed by atoms with Crippen LogP contribution in [0.15, 0.2) is 101 Å². The summed E-state index contributed by atoms with van der Waals surface area (Å²) >= 11 is 0. The van der Waals surface area contributed by atoms with Crippen molar-refractivity contribution in [2.45, 2.75) is 49.0 Å². The monoisotopic (exact) mass is 772 g/mol. The number of hydrogen-bond acceptors (Lipinski definition) is 10. The number of likely N-dealkylation sites (N-methyl/N-ethyl adjacent to an activating group) is 2. The van der Waals surface area contributed by atoms with Crippen LogP contribution in [0.25, 0.3) is 0 Å². The smallest absolute Gasteiger partial charge is 0.413 e. The fourth-order valence-corrected chi connectivity index (χ4v) is 1.17. The summed E-state index contributed by atoms with van der Waals surface area (Å²) < 4.78 is 12.7. The summed E-state index contributed by atoms with van der Waals surface area (Å²) in [5.74, 6) is -0.796. The molecular weight excluding hydrogens is 694 g/mol. The number of ether oxygens (including phenoxy) is 3. The molecule has 0 fully saturated rings. The Labute approximate surface area is 330 Å². The van der Waals surface area contributed by atoms with Crippen molar-refractivity contribution in [2.24, 2.45) is 0 Å². The van der Waals surface area contributed by atoms with Crippen LogP contribution in [0.4, 0.5) is 4.79 Å². The zero-order valence-corrected chi connectivity index (χ0v) is 34.7. The van der Waals surface area contributed by atoms with E-state index in [-0.39, 0.29) is 38.5 Å². The van der Waals surface area contributed by atoms with Gasteiger partial charge in [0.05, 0.1) is 21.3 Å². The number of carbonyl (C=O) groups is 6. The quantitative estimate of drug-likeness (QED) is 0.110. The first-order valence-corrected chi connectivity index (χ1v) is 15.2. The molecule has 316 valence electrons. The van der Waals surface area contributed by atoms with E-state index in [4.69, 9.17) is 0 Å². The van der Waals surface area contributed by atoms with Gasteiger partial charge in [-0.3, -0.25) is 19.3 Å². The Hall–Kier alpha value is -5.66. The van der Waals surface area contributed by atoms with Gasteiger partial charge in [-0.1, -0.05) is 73.9 Å². The Morgan fingerprint density at radius 3 is 0.963 bits per heavy atom. The molecule has 0 rings (SSSR count). The van der Waals surface area contributed by atoms with E-state index in [1.54, 1.807) is 62.3 Å². The zero-order valence-electron chi connectivity index (χ0n) is 34.7. The Morgan fingerprint density at radius 1 is 0.574 bits per heavy atom. The van der Waals surface area contributed by atoms with Crippen molar-refractivity contribution in [2.75, 3.05) is 77.7 Å². The van der Waals surface area contributed by atoms with Gasteiger partial charge in [0.1, 0.15) is 0 Å². The Balaban J connectivity index is -0.0000000513. The van der Waals surface area contributed by atoms with Crippen LogP contribution in [0, 0.1) is 0 Å². The minimum Gasteiger partial charge on any atom is -0.466 e. The van der Waals surface area contributed by atoms with Gasteiger partial charge in [0.15, 0.2) is 0 Å². The second kappa shape index (κ2) is 54.1. The third-order valence-corrected chi connectivity index (χ3v) is 4.45. The minimum absolute atomic E-state index is 0. The highest BCUT2D eigenvalue weighted by molar-refractivity contribution is 5.91. The van der Waals surface area contributed by atoms with E-state index in [0.717, 1.165) is 12.5 Å². The molecule has 0 aromatic rings. The van der Waals surface area contributed by atoms with Crippen LogP contribution >= 0.6 is 0 Å². The van der Waals surface area contributed by atoms with Gasteiger partial charge in [0.2, 0.25) is 17.7 Å². The lowest BCUT2D eigenvalue weighted by Crippen LogP contribution is -2.21. The van der Waals surface area contributed by atoms with Crippen LogP contribution in [0.2, 0.25) is 0 Å². The molecule has 0 aliphatic rings. The molecule has 0 aromatic carbocycles. The molecule has 0 saturated carbocycles. The van der Waals surface area contributed by atoms with Crippen molar-refractivity contribution < 1.29 is 43.0 Å². The standard InChI is InChI=1S/C6H11NO.C5H9NO2.2C5H9NO.C5H8O2.C4H9N.C4H6O2.C4H8.2CH4/c1-5(2)6(8)7(3)4;1-4-6(2)5(7)8-3;1-4-5(7)6(2)3;1-4-6(3)5(2)7;1-4(2)5(6)7-3;1-4-5(2)3;1-3-4(5)6-2;1-3-4-2;;/h1H2,2-4H3;4H,1H2,2-3H3;2*4H,1H2,2-3H3;1H2,2-3H3;4H,1H2,2-3H3;3H,1H2,2H3;3H,1,4H2,2H3;2*1H4. The fourth-order valence-electron chi connectivity index (χ4n) is 1.17. The van der Waals surface area contributed by atoms with Gasteiger partial charge in [-0.2, -0.15) is 0 Å². The SMILES string of the molecule is C.C.C=C(C)C(=O)N(C)C.C=C(C)C(=O)OC.C=CC(=O)N(C)C.C=CC(=O)OC.C=CCC.C=CN(C)C.C=CN(C)C(=O)OC.C=CN(C)C(C)=O. The number of hydrogen-bond donors (Lipinski definition) is 0. The predicted octanol–water partition coefficient (Wildman–Crippen LogP) is 6.97. The van der Waals surface area contributed by atoms with Gasteiger partial charge < -0.3 is 33.8 Å². The van der Waals surface area contributed by atoms with E-state index in [1.165, 1.54) is 66.3 Å². The maximum Gasteiger partial charge on any atom is 0.413 e. The summed E-state index contributed by atoms with van der Waals surface area (Å²) in [5.41, 5.74) is 1.01. The third-order valence-electron chi connectivity index (χ3n) is 4.45. The molecule has 0 aliphatic heterocycles. The average molecular weight is 772 g/mol. The normalized spacial score (nSPS) is 7.24. The van der Waals surface area contributed by atoms with E-state index in [1.807, 2.05) is 25.1 Å². The number of rotatable bonds is 8. The third kappa shape index (κ3) is 76.3. The molecule has 14 nitrogen and oxygen atoms in total. The van der Waals surface area contributed by atoms with Crippen molar-refractivity contribution in [1.82, 2.24) is 24.5 Å². The maximum atomic E-state index is 10.7. The second-order valence-electron chi connectivity index (χ2n) is 9.84. The molecule has 0 aliphatic carbocycles. The summed E-state index contributed by atoms with van der Waals surface area (Å²) in [7, 11) is 17.8. The van der Waals surface area contributed by atoms with E-state index >= 15 is 0 Å². The van der Waals surface area contributed by atoms with Gasteiger partial charge in [0.25, 0.3) is 0 Å². The maximum absolute atomic E-state index is 10.7. The molecule has 0 radical (unpaired) electrons. The number of allylic oxidation sites excluding steroid dienone is 1. The zero-order chi connectivity index (χ0) is 43.6. The van der Waals surface area contributed by atoms with Crippen molar-refractivity contribution in [3.05, 3.63) is 101 Å². The van der Waals surface area contributed by atoms with Gasteiger partial charge in [-0.05, 0) is 38.7 Å². The van der Waals surface area contributed by atoms with E-state index < -0.39 is 12.1 Å². The average Bonchev–Trinajstić information content (AvgIpc) is 3.13. The Kier molecular flexibility index (Phi) is 73.9. The Morgan fingerprint density at radius 2 is 0.944 bits per heavy atom. The van der Waals surface area contributed by atoms with Gasteiger partial charge >= 0.3 is 18.0 Å². The molecule has 0 bridgehead atoms. The molecule has 0 heterocycles. The molecular formula is C40H77N5O9. The first-order chi connectivity index (χ1) is 23.8. The molecule has 0 spiro atoms. The van der Waals surface area contributed by atoms with Crippen molar-refractivity contribution >= 4 is 35.8 Å². The Bertz CT molecular complexity index is 1100. The highest BCUT2D eigenvalue weighted by Gasteiger charge is 2.01. The van der Waals surface area contributed by atoms with Crippen molar-refractivity contribution in [1.29, 1.82) is 0 Å². The van der Waals surface area contributed by atoms with Crippen LogP contribution < -0.4 is 0 Å². The molecule has 0 aromatic heterocycles. The molecule has 0 unspecified atom stereocenters. The van der Waals surface area contributed by atoms with E-state index in [9.17, 15) is 28.8 Å². The molecule has 0 N–H and O–H groups in total. The largest absolute Gasteiger partial charge is 0.466 e. The summed E-state index contributed by atoms with van der Waals surface area (Å²) in [6, 6.07) is 0. The highest BCUT2D eigenvalue weighted by Crippen LogP contribution is 1.90. The fraction of sp³-hybridized carbons (Fsp3) is 0.450. The van der Waals surface area contributed by atoms with Gasteiger partial charge in [-0.15, -0.1) is 6.58 Å². The lowest BCUT2D eigenvalue weighted by atomic mass is 10.3. The van der Waals surface area contributed by atoms with Crippen LogP contribution in [0.3, 0.4) is 0 Å². The lowest BCUT2D eigenvalue weighted by Gasteiger charge is -2.07. The number of carbonyl (C=O) groups excluding carboxylic acids is 6. The lowest BCUT2D eigenvalue weighted by molar-refractivity contribution is -0.136. The summed E-state index contributed by atoms with van der Waals surface area (Å²) in [4.78, 5) is 69.1. The molecule has 54 heavy (non-hydrogen) atoms. The minimum atomic E-state index is -0.403. The van der Waals surface area contributed by atoms with Crippen molar-refractivity contribution in [3.63, 3.8) is 0 Å². The van der Waals surface area contributed by atoms with Gasteiger partial charge in [0, 0.05) is 86.7 Å². The van der Waals surface area contributed by atoms with Crippen LogP contribution in [-0.2, 0) is 38.2 Å². The molecule has 4 amide bonds. The van der Waals surface area contributed by atoms with Crippen LogP contribution in [0.1, 0.15) is 49.0 Å². The number of nitrogens with zero attached hydrogens (tertiary/aromatic N) is 5. The first-order valence-electron chi connectivity index (χ1n) is 15.2. The first kappa shape index (κ1) is 73.7. The number of methoxy groups -OCH3 is 3. The molecule has 14 heteroatoms. The highest BCUT2D eigenvalue weighted by atomic mass is 16.5. The molecule has 0 saturated heterocycles. The number of esters is 2. The molecule has 0 atom stereocenters. The summed E-state index contributed by atoms with van der Waals surface area (Å²) in [6.45, 7) is 33.8. The van der Waals surface area contributed by atoms with Crippen molar-refractivity contribution in [3.8, 4) is 0 Å². The van der Waals surface area contributed by atoms with Gasteiger partial charge in [-0.25, -0.2) is 14.4 Å². The second-order valence-corrected chi connectivity index (χ2v) is 9.84. The summed E-state index contributed by atoms with van der Waals surface area (Å²) in [6.07, 6.45) is 9.55. The van der Waals surface area contributed by atoms with E-state index in [2.05, 4.69) is 73.8 Å². The predicted molar refractivity (Wildman–Crippen MR) is 228 cm³/mol. The summed E-state index contributed by atoms with van der Waals surface area (Å²) in [5, 5.41) is 0. The van der Waals surface area contributed by atoms with Crippen LogP contribution in [0.5, 0.6) is 0 Å².